The first-order valence-corrected chi connectivity index (χ1v) is 6.10. The van der Waals surface area contributed by atoms with Gasteiger partial charge in [0.2, 0.25) is 0 Å². The maximum absolute atomic E-state index is 6.16. The topological polar surface area (TPSA) is 26.0 Å². The molecule has 2 heteroatoms. The van der Waals surface area contributed by atoms with Gasteiger partial charge in [0.1, 0.15) is 0 Å². The molecule has 0 saturated heterocycles. The fraction of sp³-hybridized carbons (Fsp3) is 0.0588. The number of hydrogen-bond donors (Lipinski definition) is 1. The van der Waals surface area contributed by atoms with E-state index in [1.54, 1.807) is 0 Å². The van der Waals surface area contributed by atoms with Gasteiger partial charge in [0.05, 0.1) is 0 Å². The molecular formula is C17H16ClN. The molecule has 0 saturated carbocycles. The Bertz CT molecular complexity index is 705. The van der Waals surface area contributed by atoms with Gasteiger partial charge in [-0.05, 0) is 35.1 Å². The van der Waals surface area contributed by atoms with Gasteiger partial charge in [-0.2, -0.15) is 0 Å². The fourth-order valence-electron chi connectivity index (χ4n) is 2.47. The number of aryl methyl sites for hydroxylation is 1. The third-order valence-corrected chi connectivity index (χ3v) is 3.43. The number of hydrogen-bond acceptors (Lipinski definition) is 1. The smallest absolute Gasteiger partial charge is 0.0400 e. The van der Waals surface area contributed by atoms with Crippen LogP contribution < -0.4 is 5.73 Å². The zero-order chi connectivity index (χ0) is 12.5. The molecular weight excluding hydrogens is 254 g/mol. The van der Waals surface area contributed by atoms with Crippen LogP contribution >= 0.6 is 12.4 Å². The van der Waals surface area contributed by atoms with Crippen LogP contribution in [0, 0.1) is 6.92 Å². The average Bonchev–Trinajstić information content (AvgIpc) is 2.44. The van der Waals surface area contributed by atoms with Crippen molar-refractivity contribution in [1.29, 1.82) is 0 Å². The van der Waals surface area contributed by atoms with Crippen molar-refractivity contribution < 1.29 is 0 Å². The maximum atomic E-state index is 6.16. The first-order chi connectivity index (χ1) is 8.77. The molecule has 0 aromatic heterocycles. The highest BCUT2D eigenvalue weighted by atomic mass is 35.5. The van der Waals surface area contributed by atoms with Crippen LogP contribution in [0.4, 0.5) is 5.69 Å². The second-order valence-corrected chi connectivity index (χ2v) is 4.55. The van der Waals surface area contributed by atoms with E-state index < -0.39 is 0 Å². The predicted octanol–water partition coefficient (Wildman–Crippen LogP) is 4.82. The minimum atomic E-state index is 0. The SMILES string of the molecule is Cc1c(-c2ccccc2)cc(N)c2ccccc12.Cl. The van der Waals surface area contributed by atoms with Crippen LogP contribution in [0.1, 0.15) is 5.56 Å². The third kappa shape index (κ3) is 2.29. The van der Waals surface area contributed by atoms with Crippen molar-refractivity contribution in [1.82, 2.24) is 0 Å². The average molecular weight is 270 g/mol. The second-order valence-electron chi connectivity index (χ2n) is 4.55. The van der Waals surface area contributed by atoms with E-state index >= 15 is 0 Å². The summed E-state index contributed by atoms with van der Waals surface area (Å²) in [5, 5.41) is 2.37. The molecule has 0 spiro atoms. The summed E-state index contributed by atoms with van der Waals surface area (Å²) in [6.07, 6.45) is 0. The number of nitrogen functional groups attached to an aromatic ring is 1. The van der Waals surface area contributed by atoms with E-state index in [0.29, 0.717) is 0 Å². The van der Waals surface area contributed by atoms with Gasteiger partial charge < -0.3 is 5.73 Å². The van der Waals surface area contributed by atoms with E-state index in [9.17, 15) is 0 Å². The molecule has 3 aromatic rings. The van der Waals surface area contributed by atoms with Crippen molar-refractivity contribution in [3.05, 3.63) is 66.2 Å². The van der Waals surface area contributed by atoms with Crippen LogP contribution in [0.25, 0.3) is 21.9 Å². The van der Waals surface area contributed by atoms with E-state index in [4.69, 9.17) is 5.73 Å². The molecule has 0 radical (unpaired) electrons. The summed E-state index contributed by atoms with van der Waals surface area (Å²) in [6.45, 7) is 2.16. The summed E-state index contributed by atoms with van der Waals surface area (Å²) in [5.41, 5.74) is 10.7. The number of fused-ring (bicyclic) bond motifs is 1. The van der Waals surface area contributed by atoms with E-state index in [0.717, 1.165) is 11.1 Å². The van der Waals surface area contributed by atoms with Crippen LogP contribution in [0.2, 0.25) is 0 Å². The lowest BCUT2D eigenvalue weighted by Crippen LogP contribution is -1.92. The molecule has 0 unspecified atom stereocenters. The monoisotopic (exact) mass is 269 g/mol. The van der Waals surface area contributed by atoms with Crippen LogP contribution in [-0.4, -0.2) is 0 Å². The van der Waals surface area contributed by atoms with Gasteiger partial charge in [0.15, 0.2) is 0 Å². The number of nitrogens with two attached hydrogens (primary N) is 1. The van der Waals surface area contributed by atoms with E-state index in [1.165, 1.54) is 22.1 Å². The van der Waals surface area contributed by atoms with Gasteiger partial charge in [0, 0.05) is 11.1 Å². The standard InChI is InChI=1S/C17H15N.ClH/c1-12-14-9-5-6-10-15(14)17(18)11-16(12)13-7-3-2-4-8-13;/h2-11H,18H2,1H3;1H. The van der Waals surface area contributed by atoms with Gasteiger partial charge >= 0.3 is 0 Å². The Kier molecular flexibility index (Phi) is 3.77. The van der Waals surface area contributed by atoms with Crippen LogP contribution in [-0.2, 0) is 0 Å². The summed E-state index contributed by atoms with van der Waals surface area (Å²) >= 11 is 0. The molecule has 0 bridgehead atoms. The van der Waals surface area contributed by atoms with Crippen molar-refractivity contribution in [3.8, 4) is 11.1 Å². The quantitative estimate of drug-likeness (QED) is 0.630. The summed E-state index contributed by atoms with van der Waals surface area (Å²) in [4.78, 5) is 0. The Morgan fingerprint density at radius 3 is 2.05 bits per heavy atom. The van der Waals surface area contributed by atoms with Crippen molar-refractivity contribution in [3.63, 3.8) is 0 Å². The molecule has 0 atom stereocenters. The zero-order valence-corrected chi connectivity index (χ0v) is 11.6. The van der Waals surface area contributed by atoms with Crippen molar-refractivity contribution in [2.24, 2.45) is 0 Å². The van der Waals surface area contributed by atoms with E-state index in [2.05, 4.69) is 55.5 Å². The van der Waals surface area contributed by atoms with Gasteiger partial charge in [0.25, 0.3) is 0 Å². The molecule has 2 N–H and O–H groups in total. The highest BCUT2D eigenvalue weighted by Crippen LogP contribution is 2.33. The lowest BCUT2D eigenvalue weighted by Gasteiger charge is -2.12. The molecule has 96 valence electrons. The minimum absolute atomic E-state index is 0. The summed E-state index contributed by atoms with van der Waals surface area (Å²) in [5.74, 6) is 0. The van der Waals surface area contributed by atoms with Crippen LogP contribution in [0.3, 0.4) is 0 Å². The fourth-order valence-corrected chi connectivity index (χ4v) is 2.47. The Labute approximate surface area is 119 Å². The maximum Gasteiger partial charge on any atom is 0.0400 e. The molecule has 0 aliphatic carbocycles. The predicted molar refractivity (Wildman–Crippen MR) is 85.8 cm³/mol. The molecule has 0 aliphatic rings. The molecule has 3 aromatic carbocycles. The Morgan fingerprint density at radius 2 is 1.37 bits per heavy atom. The van der Waals surface area contributed by atoms with Crippen LogP contribution in [0.15, 0.2) is 60.7 Å². The van der Waals surface area contributed by atoms with Gasteiger partial charge in [-0.3, -0.25) is 0 Å². The Hall–Kier alpha value is -1.99. The first-order valence-electron chi connectivity index (χ1n) is 6.10. The lowest BCUT2D eigenvalue weighted by atomic mass is 9.94. The number of rotatable bonds is 1. The lowest BCUT2D eigenvalue weighted by molar-refractivity contribution is 1.50. The second kappa shape index (κ2) is 5.33. The molecule has 0 amide bonds. The summed E-state index contributed by atoms with van der Waals surface area (Å²) < 4.78 is 0. The van der Waals surface area contributed by atoms with Crippen molar-refractivity contribution in [2.45, 2.75) is 6.92 Å². The highest BCUT2D eigenvalue weighted by molar-refractivity contribution is 5.99. The van der Waals surface area contributed by atoms with Gasteiger partial charge in [-0.15, -0.1) is 12.4 Å². The van der Waals surface area contributed by atoms with Gasteiger partial charge in [-0.25, -0.2) is 0 Å². The molecule has 0 aliphatic heterocycles. The van der Waals surface area contributed by atoms with Crippen LogP contribution in [0.5, 0.6) is 0 Å². The highest BCUT2D eigenvalue weighted by Gasteiger charge is 2.08. The molecule has 0 heterocycles. The van der Waals surface area contributed by atoms with E-state index in [-0.39, 0.29) is 12.4 Å². The molecule has 0 fully saturated rings. The van der Waals surface area contributed by atoms with E-state index in [1.807, 2.05) is 12.1 Å². The zero-order valence-electron chi connectivity index (χ0n) is 10.8. The largest absolute Gasteiger partial charge is 0.398 e. The first kappa shape index (κ1) is 13.4. The Morgan fingerprint density at radius 1 is 0.789 bits per heavy atom. The normalized spacial score (nSPS) is 10.2. The molecule has 19 heavy (non-hydrogen) atoms. The third-order valence-electron chi connectivity index (χ3n) is 3.43. The molecule has 3 rings (SSSR count). The molecule has 1 nitrogen and oxygen atoms in total. The summed E-state index contributed by atoms with van der Waals surface area (Å²) in [6, 6.07) is 20.8. The summed E-state index contributed by atoms with van der Waals surface area (Å²) in [7, 11) is 0. The number of halogens is 1. The van der Waals surface area contributed by atoms with Crippen molar-refractivity contribution >= 4 is 28.9 Å². The minimum Gasteiger partial charge on any atom is -0.398 e. The number of anilines is 1. The van der Waals surface area contributed by atoms with Crippen molar-refractivity contribution in [2.75, 3.05) is 5.73 Å². The Balaban J connectivity index is 0.00000133. The van der Waals surface area contributed by atoms with Gasteiger partial charge in [-0.1, -0.05) is 54.6 Å². The number of benzene rings is 3.